The van der Waals surface area contributed by atoms with Crippen LogP contribution in [0.3, 0.4) is 0 Å². The van der Waals surface area contributed by atoms with Crippen molar-refractivity contribution in [3.63, 3.8) is 0 Å². The van der Waals surface area contributed by atoms with Gasteiger partial charge in [0.25, 0.3) is 5.78 Å². The Hall–Kier alpha value is -1.78. The molecule has 5 nitrogen and oxygen atoms in total. The van der Waals surface area contributed by atoms with Crippen LogP contribution >= 0.6 is 0 Å². The van der Waals surface area contributed by atoms with Crippen molar-refractivity contribution in [1.82, 2.24) is 19.6 Å². The van der Waals surface area contributed by atoms with Crippen LogP contribution in [0.1, 0.15) is 23.1 Å². The molecule has 5 heteroatoms. The smallest absolute Gasteiger partial charge is 0.255 e. The van der Waals surface area contributed by atoms with Gasteiger partial charge in [0, 0.05) is 12.4 Å². The maximum Gasteiger partial charge on any atom is 0.255 e. The molecule has 0 aliphatic heterocycles. The molecule has 0 aliphatic carbocycles. The Morgan fingerprint density at radius 3 is 3.08 bits per heavy atom. The van der Waals surface area contributed by atoms with Crippen LogP contribution in [0.25, 0.3) is 5.78 Å². The van der Waals surface area contributed by atoms with Gasteiger partial charge in [-0.25, -0.2) is 4.98 Å². The summed E-state index contributed by atoms with van der Waals surface area (Å²) in [5.74, 6) is 0.747. The van der Waals surface area contributed by atoms with E-state index in [9.17, 15) is 4.79 Å². The third-order valence-corrected chi connectivity index (χ3v) is 1.86. The van der Waals surface area contributed by atoms with Gasteiger partial charge >= 0.3 is 0 Å². The third-order valence-electron chi connectivity index (χ3n) is 1.86. The molecule has 0 aliphatic rings. The summed E-state index contributed by atoms with van der Waals surface area (Å²) in [5, 5.41) is 7.41. The molecule has 2 heterocycles. The van der Waals surface area contributed by atoms with E-state index in [0.29, 0.717) is 12.1 Å². The maximum absolute atomic E-state index is 10.5. The largest absolute Gasteiger partial charge is 0.294 e. The molecule has 0 amide bonds. The van der Waals surface area contributed by atoms with Crippen molar-refractivity contribution in [2.45, 2.75) is 13.3 Å². The van der Waals surface area contributed by atoms with Gasteiger partial charge in [-0.2, -0.15) is 0 Å². The Morgan fingerprint density at radius 1 is 1.54 bits per heavy atom. The molecule has 2 rings (SSSR count). The number of nitrogens with zero attached hydrogens (tertiary/aromatic N) is 4. The molecule has 0 saturated heterocycles. The summed E-state index contributed by atoms with van der Waals surface area (Å²) in [5.41, 5.74) is 1.05. The Labute approximate surface area is 74.4 Å². The molecular formula is C8H8N4O. The fraction of sp³-hybridized carbons (Fsp3) is 0.250. The van der Waals surface area contributed by atoms with Crippen LogP contribution in [0, 0.1) is 0 Å². The minimum atomic E-state index is 0.290. The number of aldehydes is 1. The number of carbonyl (C=O) groups is 1. The van der Waals surface area contributed by atoms with E-state index in [1.807, 2.05) is 13.1 Å². The summed E-state index contributed by atoms with van der Waals surface area (Å²) in [7, 11) is 0. The molecule has 0 radical (unpaired) electrons. The molecular weight excluding hydrogens is 168 g/mol. The highest BCUT2D eigenvalue weighted by molar-refractivity contribution is 5.70. The highest BCUT2D eigenvalue weighted by atomic mass is 16.1. The van der Waals surface area contributed by atoms with E-state index in [4.69, 9.17) is 0 Å². The first-order valence-corrected chi connectivity index (χ1v) is 4.00. The minimum absolute atomic E-state index is 0.290. The number of hydrogen-bond acceptors (Lipinski definition) is 4. The van der Waals surface area contributed by atoms with Gasteiger partial charge in [0.15, 0.2) is 6.29 Å². The Morgan fingerprint density at radius 2 is 2.38 bits per heavy atom. The van der Waals surface area contributed by atoms with Crippen molar-refractivity contribution < 1.29 is 4.79 Å². The van der Waals surface area contributed by atoms with Crippen molar-refractivity contribution in [2.75, 3.05) is 0 Å². The summed E-state index contributed by atoms with van der Waals surface area (Å²) in [6.07, 6.45) is 5.10. The molecule has 2 aromatic heterocycles. The van der Waals surface area contributed by atoms with Crippen molar-refractivity contribution in [3.8, 4) is 0 Å². The lowest BCUT2D eigenvalue weighted by atomic mass is 10.3. The number of aromatic nitrogens is 4. The highest BCUT2D eigenvalue weighted by Crippen LogP contribution is 2.02. The predicted octanol–water partition coefficient (Wildman–Crippen LogP) is 0.499. The molecule has 0 saturated carbocycles. The van der Waals surface area contributed by atoms with Crippen LogP contribution in [0.5, 0.6) is 0 Å². The minimum Gasteiger partial charge on any atom is -0.294 e. The zero-order chi connectivity index (χ0) is 9.26. The number of carbonyl (C=O) groups excluding carboxylic acids is 1. The first kappa shape index (κ1) is 7.85. The third kappa shape index (κ3) is 1.18. The van der Waals surface area contributed by atoms with Crippen molar-refractivity contribution in [2.24, 2.45) is 0 Å². The zero-order valence-corrected chi connectivity index (χ0v) is 7.14. The van der Waals surface area contributed by atoms with Gasteiger partial charge in [-0.15, -0.1) is 10.2 Å². The lowest BCUT2D eigenvalue weighted by molar-refractivity contribution is 0.111. The van der Waals surface area contributed by atoms with E-state index < -0.39 is 0 Å². The monoisotopic (exact) mass is 176 g/mol. The van der Waals surface area contributed by atoms with Gasteiger partial charge in [-0.3, -0.25) is 9.20 Å². The van der Waals surface area contributed by atoms with E-state index in [0.717, 1.165) is 12.0 Å². The topological polar surface area (TPSA) is 60.2 Å². The molecule has 0 N–H and O–H groups in total. The molecule has 0 bridgehead atoms. The summed E-state index contributed by atoms with van der Waals surface area (Å²) in [6, 6.07) is 0. The average molecular weight is 176 g/mol. The van der Waals surface area contributed by atoms with Gasteiger partial charge in [0.05, 0.1) is 0 Å². The average Bonchev–Trinajstić information content (AvgIpc) is 2.59. The van der Waals surface area contributed by atoms with E-state index in [1.54, 1.807) is 10.6 Å². The van der Waals surface area contributed by atoms with E-state index in [-0.39, 0.29) is 5.82 Å². The fourth-order valence-corrected chi connectivity index (χ4v) is 1.11. The summed E-state index contributed by atoms with van der Waals surface area (Å²) in [4.78, 5) is 14.6. The van der Waals surface area contributed by atoms with E-state index in [1.165, 1.54) is 0 Å². The first-order chi connectivity index (χ1) is 6.35. The van der Waals surface area contributed by atoms with Crippen LogP contribution in [-0.2, 0) is 6.42 Å². The van der Waals surface area contributed by atoms with E-state index >= 15 is 0 Å². The van der Waals surface area contributed by atoms with Crippen LogP contribution < -0.4 is 0 Å². The van der Waals surface area contributed by atoms with Gasteiger partial charge in [-0.1, -0.05) is 6.92 Å². The van der Waals surface area contributed by atoms with Gasteiger partial charge in [0.1, 0.15) is 0 Å². The molecule has 13 heavy (non-hydrogen) atoms. The number of hydrogen-bond donors (Lipinski definition) is 0. The summed E-state index contributed by atoms with van der Waals surface area (Å²) >= 11 is 0. The molecule has 0 spiro atoms. The lowest BCUT2D eigenvalue weighted by Gasteiger charge is -1.96. The molecule has 66 valence electrons. The molecule has 0 aromatic carbocycles. The zero-order valence-electron chi connectivity index (χ0n) is 7.14. The second kappa shape index (κ2) is 2.93. The predicted molar refractivity (Wildman–Crippen MR) is 45.5 cm³/mol. The van der Waals surface area contributed by atoms with Crippen LogP contribution in [-0.4, -0.2) is 25.9 Å². The van der Waals surface area contributed by atoms with Gasteiger partial charge in [0.2, 0.25) is 5.82 Å². The Bertz CT molecular complexity index is 448. The van der Waals surface area contributed by atoms with Gasteiger partial charge in [-0.05, 0) is 12.0 Å². The Kier molecular flexibility index (Phi) is 1.77. The maximum atomic E-state index is 10.5. The summed E-state index contributed by atoms with van der Waals surface area (Å²) in [6.45, 7) is 2.02. The highest BCUT2D eigenvalue weighted by Gasteiger charge is 2.04. The van der Waals surface area contributed by atoms with Crippen LogP contribution in [0.4, 0.5) is 0 Å². The standard InChI is InChI=1S/C8H8N4O/c1-2-6-3-9-8-11-10-7(5-13)12(8)4-6/h3-5H,2H2,1H3. The normalized spacial score (nSPS) is 10.5. The molecule has 0 fully saturated rings. The van der Waals surface area contributed by atoms with Crippen molar-refractivity contribution >= 4 is 12.1 Å². The van der Waals surface area contributed by atoms with E-state index in [2.05, 4.69) is 15.2 Å². The SMILES string of the molecule is CCc1cnc2nnc(C=O)n2c1. The molecule has 2 aromatic rings. The van der Waals surface area contributed by atoms with Crippen molar-refractivity contribution in [3.05, 3.63) is 23.8 Å². The van der Waals surface area contributed by atoms with Gasteiger partial charge < -0.3 is 0 Å². The number of aryl methyl sites for hydroxylation is 1. The molecule has 0 atom stereocenters. The van der Waals surface area contributed by atoms with Crippen LogP contribution in [0.2, 0.25) is 0 Å². The second-order valence-corrected chi connectivity index (χ2v) is 2.66. The second-order valence-electron chi connectivity index (χ2n) is 2.66. The number of rotatable bonds is 2. The lowest BCUT2D eigenvalue weighted by Crippen LogP contribution is -1.96. The quantitative estimate of drug-likeness (QED) is 0.625. The Balaban J connectivity index is 2.71. The van der Waals surface area contributed by atoms with Crippen LogP contribution in [0.15, 0.2) is 12.4 Å². The first-order valence-electron chi connectivity index (χ1n) is 4.00. The molecule has 0 unspecified atom stereocenters. The summed E-state index contributed by atoms with van der Waals surface area (Å²) < 4.78 is 1.59. The number of fused-ring (bicyclic) bond motifs is 1. The fourth-order valence-electron chi connectivity index (χ4n) is 1.11. The van der Waals surface area contributed by atoms with Crippen molar-refractivity contribution in [1.29, 1.82) is 0 Å².